The number of nitrogens with one attached hydrogen (secondary N) is 1. The average molecular weight is 390 g/mol. The molecular formula is C16H16BrN5O2. The molecule has 0 saturated heterocycles. The molecule has 4 rings (SSSR count). The molecule has 7 nitrogen and oxygen atoms in total. The Morgan fingerprint density at radius 2 is 2.12 bits per heavy atom. The normalized spacial score (nSPS) is 13.8. The van der Waals surface area contributed by atoms with Crippen LogP contribution in [0.5, 0.6) is 11.5 Å². The van der Waals surface area contributed by atoms with Gasteiger partial charge in [0.05, 0.1) is 18.6 Å². The Labute approximate surface area is 147 Å². The zero-order valence-electron chi connectivity index (χ0n) is 13.1. The first kappa shape index (κ1) is 15.2. The molecule has 3 heterocycles. The smallest absolute Gasteiger partial charge is 0.166 e. The monoisotopic (exact) mass is 389 g/mol. The fourth-order valence-corrected chi connectivity index (χ4v) is 3.35. The lowest BCUT2D eigenvalue weighted by atomic mass is 10.2. The van der Waals surface area contributed by atoms with Gasteiger partial charge in [0.2, 0.25) is 0 Å². The zero-order chi connectivity index (χ0) is 16.5. The zero-order valence-corrected chi connectivity index (χ0v) is 14.7. The molecule has 0 atom stereocenters. The lowest BCUT2D eigenvalue weighted by molar-refractivity contribution is 0.296. The SMILES string of the molecule is Cn1nc(Br)c2c(NCc3cccc4c3OCCCO4)ncnc21. The van der Waals surface area contributed by atoms with Gasteiger partial charge in [-0.15, -0.1) is 0 Å². The predicted octanol–water partition coefficient (Wildman–Crippen LogP) is 2.90. The van der Waals surface area contributed by atoms with Crippen molar-refractivity contribution >= 4 is 32.8 Å². The molecule has 0 fully saturated rings. The first-order chi connectivity index (χ1) is 11.7. The van der Waals surface area contributed by atoms with Crippen LogP contribution in [0.1, 0.15) is 12.0 Å². The topological polar surface area (TPSA) is 74.1 Å². The first-order valence-corrected chi connectivity index (χ1v) is 8.48. The molecule has 0 radical (unpaired) electrons. The number of halogens is 1. The number of anilines is 1. The van der Waals surface area contributed by atoms with Gasteiger partial charge in [-0.1, -0.05) is 12.1 Å². The number of benzene rings is 1. The largest absolute Gasteiger partial charge is 0.490 e. The standard InChI is InChI=1S/C16H16BrN5O2/c1-22-16-12(14(17)21-22)15(19-9-20-16)18-8-10-4-2-5-11-13(10)24-7-3-6-23-11/h2,4-5,9H,3,6-8H2,1H3,(H,18,19,20). The third-order valence-corrected chi connectivity index (χ3v) is 4.43. The van der Waals surface area contributed by atoms with Gasteiger partial charge in [0, 0.05) is 25.6 Å². The highest BCUT2D eigenvalue weighted by molar-refractivity contribution is 9.10. The number of ether oxygens (including phenoxy) is 2. The fraction of sp³-hybridized carbons (Fsp3) is 0.312. The first-order valence-electron chi connectivity index (χ1n) is 7.68. The molecule has 0 saturated carbocycles. The summed E-state index contributed by atoms with van der Waals surface area (Å²) in [6.07, 6.45) is 2.42. The third kappa shape index (κ3) is 2.66. The van der Waals surface area contributed by atoms with Gasteiger partial charge in [-0.3, -0.25) is 0 Å². The van der Waals surface area contributed by atoms with E-state index < -0.39 is 0 Å². The minimum atomic E-state index is 0.569. The summed E-state index contributed by atoms with van der Waals surface area (Å²) >= 11 is 3.47. The van der Waals surface area contributed by atoms with Crippen LogP contribution in [0.2, 0.25) is 0 Å². The van der Waals surface area contributed by atoms with Crippen molar-refractivity contribution < 1.29 is 9.47 Å². The van der Waals surface area contributed by atoms with Crippen LogP contribution in [0, 0.1) is 0 Å². The molecule has 1 N–H and O–H groups in total. The van der Waals surface area contributed by atoms with Gasteiger partial charge >= 0.3 is 0 Å². The second kappa shape index (κ2) is 6.27. The predicted molar refractivity (Wildman–Crippen MR) is 93.4 cm³/mol. The van der Waals surface area contributed by atoms with Crippen LogP contribution in [0.15, 0.2) is 29.1 Å². The molecule has 0 spiro atoms. The summed E-state index contributed by atoms with van der Waals surface area (Å²) in [4.78, 5) is 8.62. The van der Waals surface area contributed by atoms with Gasteiger partial charge in [-0.05, 0) is 22.0 Å². The van der Waals surface area contributed by atoms with E-state index in [-0.39, 0.29) is 0 Å². The van der Waals surface area contributed by atoms with Crippen molar-refractivity contribution in [2.24, 2.45) is 7.05 Å². The van der Waals surface area contributed by atoms with Gasteiger partial charge in [-0.25, -0.2) is 14.6 Å². The molecule has 8 heteroatoms. The van der Waals surface area contributed by atoms with Crippen molar-refractivity contribution in [3.8, 4) is 11.5 Å². The maximum absolute atomic E-state index is 5.86. The van der Waals surface area contributed by atoms with Gasteiger partial charge in [-0.2, -0.15) is 5.10 Å². The number of nitrogens with zero attached hydrogens (tertiary/aromatic N) is 4. The highest BCUT2D eigenvalue weighted by Gasteiger charge is 2.16. The molecule has 1 aliphatic rings. The number of aromatic nitrogens is 4. The number of hydrogen-bond acceptors (Lipinski definition) is 6. The van der Waals surface area contributed by atoms with E-state index >= 15 is 0 Å². The van der Waals surface area contributed by atoms with Crippen LogP contribution in [0.25, 0.3) is 11.0 Å². The Hall–Kier alpha value is -2.35. The second-order valence-electron chi connectivity index (χ2n) is 5.48. The Morgan fingerprint density at radius 1 is 1.25 bits per heavy atom. The van der Waals surface area contributed by atoms with E-state index in [2.05, 4.69) is 36.3 Å². The van der Waals surface area contributed by atoms with Crippen molar-refractivity contribution in [1.82, 2.24) is 19.7 Å². The average Bonchev–Trinajstić information content (AvgIpc) is 2.78. The molecule has 0 amide bonds. The Bertz CT molecular complexity index is 896. The van der Waals surface area contributed by atoms with E-state index in [0.29, 0.717) is 19.8 Å². The van der Waals surface area contributed by atoms with E-state index in [9.17, 15) is 0 Å². The van der Waals surface area contributed by atoms with Crippen molar-refractivity contribution in [3.63, 3.8) is 0 Å². The summed E-state index contributed by atoms with van der Waals surface area (Å²) in [5, 5.41) is 8.55. The second-order valence-corrected chi connectivity index (χ2v) is 6.23. The number of rotatable bonds is 3. The van der Waals surface area contributed by atoms with E-state index in [0.717, 1.165) is 44.9 Å². The van der Waals surface area contributed by atoms with Crippen LogP contribution in [-0.4, -0.2) is 33.0 Å². The maximum Gasteiger partial charge on any atom is 0.166 e. The summed E-state index contributed by atoms with van der Waals surface area (Å²) in [5.41, 5.74) is 1.80. The van der Waals surface area contributed by atoms with Crippen LogP contribution < -0.4 is 14.8 Å². The highest BCUT2D eigenvalue weighted by Crippen LogP contribution is 2.34. The third-order valence-electron chi connectivity index (χ3n) is 3.88. The Balaban J connectivity index is 1.65. The van der Waals surface area contributed by atoms with Crippen LogP contribution in [-0.2, 0) is 13.6 Å². The molecule has 0 bridgehead atoms. The summed E-state index contributed by atoms with van der Waals surface area (Å²) < 4.78 is 14.0. The number of fused-ring (bicyclic) bond motifs is 2. The molecule has 1 aromatic carbocycles. The molecular weight excluding hydrogens is 374 g/mol. The minimum Gasteiger partial charge on any atom is -0.490 e. The summed E-state index contributed by atoms with van der Waals surface area (Å²) in [5.74, 6) is 2.33. The number of para-hydroxylation sites is 1. The van der Waals surface area contributed by atoms with Gasteiger partial charge in [0.15, 0.2) is 17.1 Å². The quantitative estimate of drug-likeness (QED) is 0.742. The van der Waals surface area contributed by atoms with Crippen molar-refractivity contribution in [2.75, 3.05) is 18.5 Å². The molecule has 24 heavy (non-hydrogen) atoms. The maximum atomic E-state index is 5.86. The highest BCUT2D eigenvalue weighted by atomic mass is 79.9. The summed E-state index contributed by atoms with van der Waals surface area (Å²) in [7, 11) is 1.85. The van der Waals surface area contributed by atoms with E-state index in [1.54, 1.807) is 4.68 Å². The Morgan fingerprint density at radius 3 is 3.04 bits per heavy atom. The van der Waals surface area contributed by atoms with Crippen molar-refractivity contribution in [1.29, 1.82) is 0 Å². The van der Waals surface area contributed by atoms with E-state index in [1.807, 2.05) is 25.2 Å². The molecule has 1 aliphatic heterocycles. The fourth-order valence-electron chi connectivity index (χ4n) is 2.75. The molecule has 124 valence electrons. The molecule has 2 aromatic heterocycles. The van der Waals surface area contributed by atoms with E-state index in [4.69, 9.17) is 9.47 Å². The minimum absolute atomic E-state index is 0.569. The summed E-state index contributed by atoms with van der Waals surface area (Å²) in [6.45, 7) is 1.91. The van der Waals surface area contributed by atoms with Crippen LogP contribution in [0.3, 0.4) is 0 Å². The lowest BCUT2D eigenvalue weighted by Crippen LogP contribution is -2.05. The van der Waals surface area contributed by atoms with Crippen molar-refractivity contribution in [2.45, 2.75) is 13.0 Å². The van der Waals surface area contributed by atoms with Crippen LogP contribution in [0.4, 0.5) is 5.82 Å². The molecule has 3 aromatic rings. The summed E-state index contributed by atoms with van der Waals surface area (Å²) in [6, 6.07) is 5.93. The number of hydrogen-bond donors (Lipinski definition) is 1. The number of aryl methyl sites for hydroxylation is 1. The van der Waals surface area contributed by atoms with Crippen molar-refractivity contribution in [3.05, 3.63) is 34.7 Å². The van der Waals surface area contributed by atoms with Crippen LogP contribution >= 0.6 is 15.9 Å². The van der Waals surface area contributed by atoms with E-state index in [1.165, 1.54) is 6.33 Å². The van der Waals surface area contributed by atoms with Gasteiger partial charge in [0.25, 0.3) is 0 Å². The Kier molecular flexibility index (Phi) is 3.97. The lowest BCUT2D eigenvalue weighted by Gasteiger charge is -2.13. The molecule has 0 aliphatic carbocycles. The molecule has 0 unspecified atom stereocenters. The van der Waals surface area contributed by atoms with Gasteiger partial charge < -0.3 is 14.8 Å². The van der Waals surface area contributed by atoms with Gasteiger partial charge in [0.1, 0.15) is 16.7 Å².